The van der Waals surface area contributed by atoms with E-state index in [1.807, 2.05) is 6.26 Å². The fourth-order valence-corrected chi connectivity index (χ4v) is 4.26. The molecule has 34 heavy (non-hydrogen) atoms. The van der Waals surface area contributed by atoms with Crippen molar-refractivity contribution in [3.05, 3.63) is 35.7 Å². The summed E-state index contributed by atoms with van der Waals surface area (Å²) in [5.41, 5.74) is 3.70. The minimum Gasteiger partial charge on any atom is -0.373 e. The van der Waals surface area contributed by atoms with Crippen LogP contribution in [0.3, 0.4) is 0 Å². The molecule has 11 heteroatoms. The highest BCUT2D eigenvalue weighted by atomic mass is 32.2. The number of fused-ring (bicyclic) bond motifs is 1. The van der Waals surface area contributed by atoms with E-state index in [-0.39, 0.29) is 17.9 Å². The number of aromatic amines is 1. The smallest absolute Gasteiger partial charge is 0.295 e. The number of aldehydes is 1. The van der Waals surface area contributed by atoms with Gasteiger partial charge in [-0.3, -0.25) is 0 Å². The van der Waals surface area contributed by atoms with Crippen molar-refractivity contribution in [3.8, 4) is 0 Å². The molecule has 2 aromatic heterocycles. The lowest BCUT2D eigenvalue weighted by Gasteiger charge is -2.26. The molecule has 3 aromatic rings. The summed E-state index contributed by atoms with van der Waals surface area (Å²) in [5.74, 6) is -2.77. The van der Waals surface area contributed by atoms with Crippen LogP contribution in [-0.4, -0.2) is 40.5 Å². The molecule has 3 N–H and O–H groups in total. The van der Waals surface area contributed by atoms with Gasteiger partial charge in [0.25, 0.3) is 12.3 Å². The minimum atomic E-state index is -2.67. The Morgan fingerprint density at radius 3 is 2.44 bits per heavy atom. The van der Waals surface area contributed by atoms with Crippen LogP contribution < -0.4 is 10.6 Å². The van der Waals surface area contributed by atoms with E-state index >= 15 is 0 Å². The van der Waals surface area contributed by atoms with E-state index in [4.69, 9.17) is 0 Å². The summed E-state index contributed by atoms with van der Waals surface area (Å²) in [5, 5.41) is 6.33. The normalized spacial score (nSPS) is 18.7. The van der Waals surface area contributed by atoms with Crippen LogP contribution in [0.2, 0.25) is 0 Å². The quantitative estimate of drug-likeness (QED) is 0.197. The lowest BCUT2D eigenvalue weighted by atomic mass is 9.80. The summed E-state index contributed by atoms with van der Waals surface area (Å²) in [6.45, 7) is 0. The third kappa shape index (κ3) is 5.13. The number of hydrogen-bond acceptors (Lipinski definition) is 6. The van der Waals surface area contributed by atoms with E-state index < -0.39 is 18.3 Å². The first-order valence-electron chi connectivity index (χ1n) is 10.9. The third-order valence-electron chi connectivity index (χ3n) is 6.05. The van der Waals surface area contributed by atoms with Crippen molar-refractivity contribution in [2.24, 2.45) is 5.92 Å². The summed E-state index contributed by atoms with van der Waals surface area (Å²) in [4.78, 5) is 21.5. The van der Waals surface area contributed by atoms with Gasteiger partial charge in [-0.15, -0.1) is 11.8 Å². The van der Waals surface area contributed by atoms with Crippen molar-refractivity contribution >= 4 is 46.4 Å². The van der Waals surface area contributed by atoms with Gasteiger partial charge >= 0.3 is 0 Å². The molecule has 2 aliphatic rings. The number of nitrogens with one attached hydrogen (secondary N) is 3. The van der Waals surface area contributed by atoms with Gasteiger partial charge < -0.3 is 20.4 Å². The molecular weight excluding hydrogens is 470 g/mol. The number of anilines is 3. The number of carbonyl (C=O) groups is 1. The molecule has 5 rings (SSSR count). The molecule has 2 heterocycles. The van der Waals surface area contributed by atoms with Gasteiger partial charge in [0.15, 0.2) is 11.5 Å². The molecule has 1 aromatic carbocycles. The molecule has 0 saturated heterocycles. The largest absolute Gasteiger partial charge is 0.373 e. The Bertz CT molecular complexity index is 1180. The van der Waals surface area contributed by atoms with Gasteiger partial charge in [-0.2, -0.15) is 0 Å². The highest BCUT2D eigenvalue weighted by Crippen LogP contribution is 2.46. The molecule has 1 unspecified atom stereocenters. The van der Waals surface area contributed by atoms with Crippen molar-refractivity contribution in [1.82, 2.24) is 15.0 Å². The van der Waals surface area contributed by atoms with E-state index in [1.165, 1.54) is 24.8 Å². The number of halogens is 4. The zero-order chi connectivity index (χ0) is 24.5. The predicted molar refractivity (Wildman–Crippen MR) is 126 cm³/mol. The van der Waals surface area contributed by atoms with Gasteiger partial charge in [-0.25, -0.2) is 27.5 Å². The van der Waals surface area contributed by atoms with Gasteiger partial charge in [0, 0.05) is 24.4 Å². The monoisotopic (exact) mass is 495 g/mol. The molecule has 2 saturated carbocycles. The van der Waals surface area contributed by atoms with Crippen molar-refractivity contribution in [3.63, 3.8) is 0 Å². The number of alkyl halides is 4. The van der Waals surface area contributed by atoms with E-state index in [0.29, 0.717) is 29.2 Å². The van der Waals surface area contributed by atoms with Crippen molar-refractivity contribution in [2.45, 2.75) is 48.8 Å². The van der Waals surface area contributed by atoms with E-state index in [9.17, 15) is 22.4 Å². The molecule has 6 nitrogen and oxygen atoms in total. The molecule has 0 radical (unpaired) electrons. The van der Waals surface area contributed by atoms with E-state index in [0.717, 1.165) is 10.6 Å². The number of nitrogens with zero attached hydrogens (tertiary/aromatic N) is 2. The second-order valence-electron chi connectivity index (χ2n) is 8.35. The summed E-state index contributed by atoms with van der Waals surface area (Å²) < 4.78 is 49.3. The highest BCUT2D eigenvalue weighted by Gasteiger charge is 2.56. The van der Waals surface area contributed by atoms with Crippen molar-refractivity contribution in [1.29, 1.82) is 0 Å². The molecule has 0 bridgehead atoms. The van der Waals surface area contributed by atoms with Crippen LogP contribution in [0.25, 0.3) is 11.2 Å². The maximum Gasteiger partial charge on any atom is 0.295 e. The minimum absolute atomic E-state index is 0.240. The lowest BCUT2D eigenvalue weighted by molar-refractivity contribution is -0.110. The van der Waals surface area contributed by atoms with Gasteiger partial charge in [0.05, 0.1) is 17.3 Å². The number of carbonyl (C=O) groups excluding carboxylic acids is 1. The van der Waals surface area contributed by atoms with Crippen LogP contribution in [-0.2, 0) is 4.79 Å². The fraction of sp³-hybridized carbons (Fsp3) is 0.435. The van der Waals surface area contributed by atoms with Gasteiger partial charge in [0.2, 0.25) is 0 Å². The predicted octanol–water partition coefficient (Wildman–Crippen LogP) is 6.51. The van der Waals surface area contributed by atoms with Crippen LogP contribution in [0.4, 0.5) is 34.8 Å². The number of pyridine rings is 1. The first kappa shape index (κ1) is 24.3. The summed E-state index contributed by atoms with van der Waals surface area (Å²) in [6, 6.07) is 8.24. The van der Waals surface area contributed by atoms with Crippen LogP contribution in [0, 0.1) is 5.92 Å². The second kappa shape index (κ2) is 9.81. The topological polar surface area (TPSA) is 82.7 Å². The Balaban J connectivity index is 0.000000336. The molecule has 0 spiro atoms. The van der Waals surface area contributed by atoms with E-state index in [1.54, 1.807) is 24.9 Å². The molecule has 0 aliphatic heterocycles. The fourth-order valence-electron chi connectivity index (χ4n) is 3.67. The molecule has 2 aliphatic carbocycles. The second-order valence-corrected chi connectivity index (χ2v) is 9.19. The zero-order valence-electron chi connectivity index (χ0n) is 18.7. The highest BCUT2D eigenvalue weighted by molar-refractivity contribution is 7.98. The number of H-pyrrole nitrogens is 1. The average molecular weight is 496 g/mol. The maximum atomic E-state index is 13.1. The number of hydrogen-bond donors (Lipinski definition) is 3. The number of benzene rings is 1. The summed E-state index contributed by atoms with van der Waals surface area (Å²) in [6.07, 6.45) is 3.23. The molecular formula is C23H25F4N5OS. The van der Waals surface area contributed by atoms with Crippen LogP contribution in [0.1, 0.15) is 49.4 Å². The van der Waals surface area contributed by atoms with Crippen molar-refractivity contribution < 1.29 is 22.4 Å². The lowest BCUT2D eigenvalue weighted by Crippen LogP contribution is -2.09. The number of imidazole rings is 1. The molecule has 2 fully saturated rings. The Morgan fingerprint density at radius 1 is 1.21 bits per heavy atom. The van der Waals surface area contributed by atoms with Crippen LogP contribution in [0.5, 0.6) is 0 Å². The van der Waals surface area contributed by atoms with Gasteiger partial charge in [-0.05, 0) is 42.7 Å². The SMILES string of the molecule is CNc1cc(Nc2ccc(C3CCC3)cc2SC)c2[nH]c(C(F)F)nc2n1.O=CC1CC1(F)F. The summed E-state index contributed by atoms with van der Waals surface area (Å²) >= 11 is 1.67. The number of aromatic nitrogens is 3. The number of thioether (sulfide) groups is 1. The van der Waals surface area contributed by atoms with Crippen LogP contribution in [0.15, 0.2) is 29.2 Å². The molecule has 182 valence electrons. The molecule has 1 atom stereocenters. The van der Waals surface area contributed by atoms with Crippen LogP contribution >= 0.6 is 11.8 Å². The Labute approximate surface area is 198 Å². The first-order chi connectivity index (χ1) is 16.2. The van der Waals surface area contributed by atoms with Crippen molar-refractivity contribution in [2.75, 3.05) is 23.9 Å². The average Bonchev–Trinajstić information content (AvgIpc) is 3.18. The third-order valence-corrected chi connectivity index (χ3v) is 6.83. The Morgan fingerprint density at radius 2 is 1.94 bits per heavy atom. The standard InChI is InChI=1S/C19H21F2N5S.C4H4F2O/c1-22-15-9-13(16-18(24-15)26-19(25-16)17(20)21)23-12-7-6-11(8-14(12)27-2)10-4-3-5-10;5-4(6)1-3(4)2-7/h6-10,17H,3-5H2,1-2H3,(H3,22,23,24,25,26);2-3H,1H2. The summed E-state index contributed by atoms with van der Waals surface area (Å²) in [7, 11) is 1.74. The van der Waals surface area contributed by atoms with E-state index in [2.05, 4.69) is 43.8 Å². The number of rotatable bonds is 7. The van der Waals surface area contributed by atoms with Gasteiger partial charge in [0.1, 0.15) is 17.6 Å². The van der Waals surface area contributed by atoms with Gasteiger partial charge in [-0.1, -0.05) is 12.5 Å². The first-order valence-corrected chi connectivity index (χ1v) is 12.1. The molecule has 0 amide bonds. The maximum absolute atomic E-state index is 13.1. The Hall–Kier alpha value is -2.82. The zero-order valence-corrected chi connectivity index (χ0v) is 19.5. The Kier molecular flexibility index (Phi) is 7.01.